The van der Waals surface area contributed by atoms with E-state index in [-0.39, 0.29) is 16.9 Å². The van der Waals surface area contributed by atoms with Crippen molar-refractivity contribution in [1.82, 2.24) is 0 Å². The Morgan fingerprint density at radius 2 is 1.72 bits per heavy atom. The fourth-order valence-electron chi connectivity index (χ4n) is 2.66. The standard InChI is InChI=1S/C16H30O2/c1-15(2,3)14(17)13-9-7-8-12(10-13)11-18-16(4,5)6/h12-13H,7-11H2,1-6H3. The van der Waals surface area contributed by atoms with Gasteiger partial charge >= 0.3 is 0 Å². The van der Waals surface area contributed by atoms with Crippen molar-refractivity contribution in [2.45, 2.75) is 72.8 Å². The quantitative estimate of drug-likeness (QED) is 0.753. The molecule has 18 heavy (non-hydrogen) atoms. The van der Waals surface area contributed by atoms with E-state index >= 15 is 0 Å². The third-order valence-electron chi connectivity index (χ3n) is 3.64. The summed E-state index contributed by atoms with van der Waals surface area (Å²) in [6.45, 7) is 13.2. The topological polar surface area (TPSA) is 26.3 Å². The summed E-state index contributed by atoms with van der Waals surface area (Å²) in [5.41, 5.74) is -0.265. The van der Waals surface area contributed by atoms with Crippen molar-refractivity contribution >= 4 is 5.78 Å². The summed E-state index contributed by atoms with van der Waals surface area (Å²) in [7, 11) is 0. The predicted molar refractivity (Wildman–Crippen MR) is 75.6 cm³/mol. The second kappa shape index (κ2) is 5.73. The van der Waals surface area contributed by atoms with Gasteiger partial charge in [0.2, 0.25) is 0 Å². The zero-order chi connectivity index (χ0) is 14.0. The van der Waals surface area contributed by atoms with Crippen LogP contribution in [0.1, 0.15) is 67.2 Å². The third-order valence-corrected chi connectivity index (χ3v) is 3.64. The van der Waals surface area contributed by atoms with E-state index in [1.54, 1.807) is 0 Å². The molecule has 106 valence electrons. The summed E-state index contributed by atoms with van der Waals surface area (Å²) < 4.78 is 5.87. The fraction of sp³-hybridized carbons (Fsp3) is 0.938. The van der Waals surface area contributed by atoms with Crippen LogP contribution in [0.25, 0.3) is 0 Å². The molecule has 0 bridgehead atoms. The molecule has 2 heteroatoms. The van der Waals surface area contributed by atoms with Crippen LogP contribution in [0, 0.1) is 17.3 Å². The Balaban J connectivity index is 2.49. The van der Waals surface area contributed by atoms with Gasteiger partial charge in [-0.25, -0.2) is 0 Å². The van der Waals surface area contributed by atoms with Gasteiger partial charge in [0.05, 0.1) is 12.2 Å². The smallest absolute Gasteiger partial charge is 0.141 e. The minimum absolute atomic E-state index is 0.0685. The fourth-order valence-corrected chi connectivity index (χ4v) is 2.66. The van der Waals surface area contributed by atoms with Crippen molar-refractivity contribution in [2.24, 2.45) is 17.3 Å². The first kappa shape index (κ1) is 15.7. The van der Waals surface area contributed by atoms with Crippen LogP contribution in [0.4, 0.5) is 0 Å². The van der Waals surface area contributed by atoms with Crippen molar-refractivity contribution in [2.75, 3.05) is 6.61 Å². The average Bonchev–Trinajstić information content (AvgIpc) is 2.23. The normalized spacial score (nSPS) is 26.1. The molecule has 1 aliphatic rings. The summed E-state index contributed by atoms with van der Waals surface area (Å²) in [6.07, 6.45) is 4.48. The molecule has 0 radical (unpaired) electrons. The summed E-state index contributed by atoms with van der Waals surface area (Å²) in [5, 5.41) is 0. The first-order valence-electron chi connectivity index (χ1n) is 7.28. The van der Waals surface area contributed by atoms with Gasteiger partial charge in [0.25, 0.3) is 0 Å². The molecule has 1 saturated carbocycles. The maximum Gasteiger partial charge on any atom is 0.141 e. The molecule has 2 nitrogen and oxygen atoms in total. The average molecular weight is 254 g/mol. The number of carbonyl (C=O) groups excluding carboxylic acids is 1. The van der Waals surface area contributed by atoms with Crippen LogP contribution in [0.3, 0.4) is 0 Å². The van der Waals surface area contributed by atoms with Crippen molar-refractivity contribution < 1.29 is 9.53 Å². The van der Waals surface area contributed by atoms with Gasteiger partial charge in [-0.3, -0.25) is 4.79 Å². The van der Waals surface area contributed by atoms with E-state index < -0.39 is 0 Å². The zero-order valence-corrected chi connectivity index (χ0v) is 13.0. The van der Waals surface area contributed by atoms with Crippen molar-refractivity contribution in [1.29, 1.82) is 0 Å². The molecule has 0 saturated heterocycles. The highest BCUT2D eigenvalue weighted by molar-refractivity contribution is 5.86. The van der Waals surface area contributed by atoms with E-state index in [1.165, 1.54) is 12.8 Å². The molecule has 1 aliphatic carbocycles. The van der Waals surface area contributed by atoms with E-state index in [0.29, 0.717) is 11.7 Å². The molecular formula is C16H30O2. The Labute approximate surface area is 112 Å². The number of carbonyl (C=O) groups is 1. The number of Topliss-reactive ketones (excluding diaryl/α,β-unsaturated/α-hetero) is 1. The first-order chi connectivity index (χ1) is 8.09. The van der Waals surface area contributed by atoms with Gasteiger partial charge in [0.15, 0.2) is 0 Å². The van der Waals surface area contributed by atoms with Crippen molar-refractivity contribution in [3.63, 3.8) is 0 Å². The molecule has 0 aliphatic heterocycles. The van der Waals surface area contributed by atoms with E-state index in [1.807, 2.05) is 20.8 Å². The lowest BCUT2D eigenvalue weighted by atomic mass is 9.73. The van der Waals surface area contributed by atoms with Gasteiger partial charge < -0.3 is 4.74 Å². The monoisotopic (exact) mass is 254 g/mol. The predicted octanol–water partition coefficient (Wildman–Crippen LogP) is 4.22. The Bertz CT molecular complexity index is 280. The lowest BCUT2D eigenvalue weighted by Gasteiger charge is -2.33. The summed E-state index contributed by atoms with van der Waals surface area (Å²) in [6, 6.07) is 0. The van der Waals surface area contributed by atoms with E-state index in [2.05, 4.69) is 20.8 Å². The third kappa shape index (κ3) is 5.09. The Morgan fingerprint density at radius 1 is 1.11 bits per heavy atom. The largest absolute Gasteiger partial charge is 0.376 e. The highest BCUT2D eigenvalue weighted by atomic mass is 16.5. The van der Waals surface area contributed by atoms with E-state index in [0.717, 1.165) is 19.4 Å². The zero-order valence-electron chi connectivity index (χ0n) is 13.0. The van der Waals surface area contributed by atoms with Crippen LogP contribution in [-0.2, 0) is 9.53 Å². The van der Waals surface area contributed by atoms with Gasteiger partial charge in [-0.05, 0) is 46.0 Å². The number of ketones is 1. The molecule has 0 N–H and O–H groups in total. The Hall–Kier alpha value is -0.370. The molecule has 0 spiro atoms. The van der Waals surface area contributed by atoms with Crippen LogP contribution in [-0.4, -0.2) is 18.0 Å². The molecule has 2 unspecified atom stereocenters. The number of hydrogen-bond acceptors (Lipinski definition) is 2. The number of rotatable bonds is 3. The van der Waals surface area contributed by atoms with Gasteiger partial charge in [-0.2, -0.15) is 0 Å². The maximum absolute atomic E-state index is 12.3. The molecule has 0 aromatic heterocycles. The van der Waals surface area contributed by atoms with Crippen LogP contribution in [0.5, 0.6) is 0 Å². The van der Waals surface area contributed by atoms with Crippen molar-refractivity contribution in [3.05, 3.63) is 0 Å². The maximum atomic E-state index is 12.3. The SMILES string of the molecule is CC(C)(C)OCC1CCCC(C(=O)C(C)(C)C)C1. The lowest BCUT2D eigenvalue weighted by molar-refractivity contribution is -0.132. The molecule has 1 fully saturated rings. The van der Waals surface area contributed by atoms with Gasteiger partial charge in [0.1, 0.15) is 5.78 Å². The van der Waals surface area contributed by atoms with E-state index in [9.17, 15) is 4.79 Å². The number of hydrogen-bond donors (Lipinski definition) is 0. The second-order valence-corrected chi connectivity index (χ2v) is 7.77. The minimum atomic E-state index is -0.197. The Kier molecular flexibility index (Phi) is 4.99. The highest BCUT2D eigenvalue weighted by Gasteiger charge is 2.33. The summed E-state index contributed by atoms with van der Waals surface area (Å²) >= 11 is 0. The molecular weight excluding hydrogens is 224 g/mol. The molecule has 2 atom stereocenters. The molecule has 1 rings (SSSR count). The van der Waals surface area contributed by atoms with E-state index in [4.69, 9.17) is 4.74 Å². The van der Waals surface area contributed by atoms with Crippen LogP contribution >= 0.6 is 0 Å². The summed E-state index contributed by atoms with van der Waals surface area (Å²) in [5.74, 6) is 1.25. The van der Waals surface area contributed by atoms with Gasteiger partial charge in [0, 0.05) is 11.3 Å². The molecule has 0 aromatic carbocycles. The number of ether oxygens (including phenoxy) is 1. The van der Waals surface area contributed by atoms with Crippen molar-refractivity contribution in [3.8, 4) is 0 Å². The first-order valence-corrected chi connectivity index (χ1v) is 7.28. The summed E-state index contributed by atoms with van der Waals surface area (Å²) in [4.78, 5) is 12.3. The van der Waals surface area contributed by atoms with Crippen LogP contribution in [0.2, 0.25) is 0 Å². The van der Waals surface area contributed by atoms with Crippen LogP contribution < -0.4 is 0 Å². The highest BCUT2D eigenvalue weighted by Crippen LogP contribution is 2.34. The minimum Gasteiger partial charge on any atom is -0.376 e. The molecule has 0 aromatic rings. The van der Waals surface area contributed by atoms with Gasteiger partial charge in [-0.15, -0.1) is 0 Å². The van der Waals surface area contributed by atoms with Gasteiger partial charge in [-0.1, -0.05) is 27.2 Å². The Morgan fingerprint density at radius 3 is 2.22 bits per heavy atom. The second-order valence-electron chi connectivity index (χ2n) is 7.77. The molecule has 0 heterocycles. The van der Waals surface area contributed by atoms with Crippen LogP contribution in [0.15, 0.2) is 0 Å². The molecule has 0 amide bonds. The lowest BCUT2D eigenvalue weighted by Crippen LogP contribution is -2.34.